The first-order valence-electron chi connectivity index (χ1n) is 9.27. The highest BCUT2D eigenvalue weighted by atomic mass is 16.5. The Bertz CT molecular complexity index is 839. The van der Waals surface area contributed by atoms with Gasteiger partial charge < -0.3 is 20.1 Å². The van der Waals surface area contributed by atoms with Crippen LogP contribution in [0.2, 0.25) is 0 Å². The summed E-state index contributed by atoms with van der Waals surface area (Å²) in [6, 6.07) is 16.1. The third kappa shape index (κ3) is 5.20. The summed E-state index contributed by atoms with van der Waals surface area (Å²) in [5, 5.41) is 12.6. The highest BCUT2D eigenvalue weighted by molar-refractivity contribution is 5.50. The highest BCUT2D eigenvalue weighted by Crippen LogP contribution is 2.25. The van der Waals surface area contributed by atoms with Crippen LogP contribution in [-0.2, 0) is 6.42 Å². The summed E-state index contributed by atoms with van der Waals surface area (Å²) in [5.41, 5.74) is 3.26. The fraction of sp³-hybridized carbons (Fsp3) is 0.273. The first-order valence-corrected chi connectivity index (χ1v) is 9.27. The summed E-state index contributed by atoms with van der Waals surface area (Å²) in [5.74, 6) is 1.63. The second-order valence-electron chi connectivity index (χ2n) is 6.58. The van der Waals surface area contributed by atoms with E-state index in [0.29, 0.717) is 6.54 Å². The Labute approximate surface area is 165 Å². The minimum absolute atomic E-state index is 0.0450. The molecule has 0 fully saturated rings. The maximum absolute atomic E-state index is 9.09. The smallest absolute Gasteiger partial charge is 0.126 e. The van der Waals surface area contributed by atoms with Gasteiger partial charge in [0.25, 0.3) is 0 Å². The third-order valence-corrected chi connectivity index (χ3v) is 4.63. The van der Waals surface area contributed by atoms with E-state index in [9.17, 15) is 0 Å². The van der Waals surface area contributed by atoms with Crippen molar-refractivity contribution in [2.75, 3.05) is 37.5 Å². The van der Waals surface area contributed by atoms with E-state index < -0.39 is 0 Å². The maximum atomic E-state index is 9.09. The Balaban J connectivity index is 1.80. The molecule has 2 N–H and O–H groups in total. The number of aliphatic hydroxyl groups excluding tert-OH is 1. The first-order chi connectivity index (χ1) is 13.7. The highest BCUT2D eigenvalue weighted by Gasteiger charge is 2.14. The number of pyridine rings is 2. The molecule has 3 rings (SSSR count). The van der Waals surface area contributed by atoms with Gasteiger partial charge in [-0.25, -0.2) is 4.98 Å². The quantitative estimate of drug-likeness (QED) is 0.595. The van der Waals surface area contributed by atoms with Crippen LogP contribution < -0.4 is 15.0 Å². The van der Waals surface area contributed by atoms with Gasteiger partial charge in [0, 0.05) is 26.0 Å². The standard InChI is InChI=1S/C22H26N4O2/c1-26(12-13-27)19-7-10-22(24-16-19)25-21(14-17-4-3-11-23-15-17)18-5-8-20(28-2)9-6-18/h3-11,15-16,21,27H,12-14H2,1-2H3,(H,24,25). The number of hydrogen-bond acceptors (Lipinski definition) is 6. The SMILES string of the molecule is COc1ccc(C(Cc2cccnc2)Nc2ccc(N(C)CCO)cn2)cc1. The molecule has 146 valence electrons. The molecular formula is C22H26N4O2. The largest absolute Gasteiger partial charge is 0.497 e. The summed E-state index contributed by atoms with van der Waals surface area (Å²) in [7, 11) is 3.60. The Morgan fingerprint density at radius 1 is 1.11 bits per heavy atom. The summed E-state index contributed by atoms with van der Waals surface area (Å²) < 4.78 is 5.28. The molecule has 0 bridgehead atoms. The Hall–Kier alpha value is -3.12. The van der Waals surface area contributed by atoms with Gasteiger partial charge in [0.15, 0.2) is 0 Å². The molecule has 0 saturated heterocycles. The van der Waals surface area contributed by atoms with Crippen LogP contribution in [0, 0.1) is 0 Å². The summed E-state index contributed by atoms with van der Waals surface area (Å²) >= 11 is 0. The van der Waals surface area contributed by atoms with E-state index in [0.717, 1.165) is 34.8 Å². The summed E-state index contributed by atoms with van der Waals surface area (Å²) in [6.45, 7) is 0.686. The van der Waals surface area contributed by atoms with Crippen molar-refractivity contribution in [1.82, 2.24) is 9.97 Å². The molecule has 0 aliphatic heterocycles. The van der Waals surface area contributed by atoms with E-state index in [-0.39, 0.29) is 12.6 Å². The maximum Gasteiger partial charge on any atom is 0.126 e. The monoisotopic (exact) mass is 378 g/mol. The Morgan fingerprint density at radius 2 is 1.93 bits per heavy atom. The lowest BCUT2D eigenvalue weighted by molar-refractivity contribution is 0.304. The lowest BCUT2D eigenvalue weighted by atomic mass is 9.99. The molecule has 0 aliphatic carbocycles. The van der Waals surface area contributed by atoms with Crippen LogP contribution in [0.25, 0.3) is 0 Å². The molecule has 6 nitrogen and oxygen atoms in total. The van der Waals surface area contributed by atoms with Crippen LogP contribution in [0.5, 0.6) is 5.75 Å². The summed E-state index contributed by atoms with van der Waals surface area (Å²) in [4.78, 5) is 10.7. The molecule has 28 heavy (non-hydrogen) atoms. The van der Waals surface area contributed by atoms with E-state index in [1.807, 2.05) is 54.7 Å². The molecule has 0 amide bonds. The fourth-order valence-corrected chi connectivity index (χ4v) is 3.00. The lowest BCUT2D eigenvalue weighted by Gasteiger charge is -2.22. The molecule has 2 heterocycles. The van der Waals surface area contributed by atoms with Crippen molar-refractivity contribution in [2.45, 2.75) is 12.5 Å². The van der Waals surface area contributed by atoms with E-state index in [2.05, 4.69) is 33.5 Å². The number of benzene rings is 1. The molecule has 0 radical (unpaired) electrons. The van der Waals surface area contributed by atoms with Crippen molar-refractivity contribution in [2.24, 2.45) is 0 Å². The number of nitrogens with zero attached hydrogens (tertiary/aromatic N) is 3. The zero-order valence-electron chi connectivity index (χ0n) is 16.2. The van der Waals surface area contributed by atoms with Crippen molar-refractivity contribution in [1.29, 1.82) is 0 Å². The van der Waals surface area contributed by atoms with Gasteiger partial charge in [-0.3, -0.25) is 4.98 Å². The van der Waals surface area contributed by atoms with Crippen molar-refractivity contribution in [3.05, 3.63) is 78.2 Å². The molecule has 2 aromatic heterocycles. The van der Waals surface area contributed by atoms with Gasteiger partial charge in [-0.2, -0.15) is 0 Å². The van der Waals surface area contributed by atoms with Crippen LogP contribution >= 0.6 is 0 Å². The number of rotatable bonds is 9. The van der Waals surface area contributed by atoms with Crippen molar-refractivity contribution in [3.63, 3.8) is 0 Å². The Kier molecular flexibility index (Phi) is 6.81. The molecule has 1 unspecified atom stereocenters. The number of ether oxygens (including phenoxy) is 1. The number of aromatic nitrogens is 2. The molecular weight excluding hydrogens is 352 g/mol. The minimum atomic E-state index is 0.0450. The molecule has 0 saturated carbocycles. The number of aliphatic hydroxyl groups is 1. The normalized spacial score (nSPS) is 11.7. The predicted octanol–water partition coefficient (Wildman–Crippen LogP) is 3.31. The Morgan fingerprint density at radius 3 is 2.54 bits per heavy atom. The van der Waals surface area contributed by atoms with Gasteiger partial charge in [0.05, 0.1) is 31.6 Å². The zero-order chi connectivity index (χ0) is 19.8. The van der Waals surface area contributed by atoms with Crippen molar-refractivity contribution in [3.8, 4) is 5.75 Å². The van der Waals surface area contributed by atoms with Gasteiger partial charge >= 0.3 is 0 Å². The fourth-order valence-electron chi connectivity index (χ4n) is 3.00. The predicted molar refractivity (Wildman–Crippen MR) is 112 cm³/mol. The van der Waals surface area contributed by atoms with Crippen LogP contribution in [0.3, 0.4) is 0 Å². The van der Waals surface area contributed by atoms with Gasteiger partial charge in [0.2, 0.25) is 0 Å². The lowest BCUT2D eigenvalue weighted by Crippen LogP contribution is -2.21. The number of methoxy groups -OCH3 is 1. The average molecular weight is 378 g/mol. The van der Waals surface area contributed by atoms with Gasteiger partial charge in [-0.1, -0.05) is 18.2 Å². The van der Waals surface area contributed by atoms with E-state index in [1.165, 1.54) is 0 Å². The molecule has 1 aromatic carbocycles. The van der Waals surface area contributed by atoms with E-state index in [1.54, 1.807) is 13.3 Å². The second kappa shape index (κ2) is 9.71. The van der Waals surface area contributed by atoms with Crippen molar-refractivity contribution < 1.29 is 9.84 Å². The molecule has 6 heteroatoms. The van der Waals surface area contributed by atoms with Crippen LogP contribution in [0.1, 0.15) is 17.2 Å². The molecule has 1 atom stereocenters. The first kappa shape index (κ1) is 19.6. The number of likely N-dealkylation sites (N-methyl/N-ethyl adjacent to an activating group) is 1. The molecule has 0 aliphatic rings. The molecule has 3 aromatic rings. The second-order valence-corrected chi connectivity index (χ2v) is 6.58. The van der Waals surface area contributed by atoms with E-state index >= 15 is 0 Å². The van der Waals surface area contributed by atoms with Gasteiger partial charge in [0.1, 0.15) is 11.6 Å². The summed E-state index contributed by atoms with van der Waals surface area (Å²) in [6.07, 6.45) is 6.27. The number of hydrogen-bond donors (Lipinski definition) is 2. The van der Waals surface area contributed by atoms with E-state index in [4.69, 9.17) is 9.84 Å². The van der Waals surface area contributed by atoms with Gasteiger partial charge in [-0.15, -0.1) is 0 Å². The molecule has 0 spiro atoms. The topological polar surface area (TPSA) is 70.5 Å². The van der Waals surface area contributed by atoms with Crippen molar-refractivity contribution >= 4 is 11.5 Å². The average Bonchev–Trinajstić information content (AvgIpc) is 2.75. The van der Waals surface area contributed by atoms with Gasteiger partial charge in [-0.05, 0) is 47.9 Å². The van der Waals surface area contributed by atoms with Crippen LogP contribution in [-0.4, -0.2) is 42.4 Å². The third-order valence-electron chi connectivity index (χ3n) is 4.63. The van der Waals surface area contributed by atoms with Crippen LogP contribution in [0.15, 0.2) is 67.1 Å². The van der Waals surface area contributed by atoms with Crippen LogP contribution in [0.4, 0.5) is 11.5 Å². The minimum Gasteiger partial charge on any atom is -0.497 e. The zero-order valence-corrected chi connectivity index (χ0v) is 16.2. The number of anilines is 2. The number of nitrogens with one attached hydrogen (secondary N) is 1.